The Labute approximate surface area is 150 Å². The minimum absolute atomic E-state index is 0.0307. The summed E-state index contributed by atoms with van der Waals surface area (Å²) in [5, 5.41) is 4.29. The van der Waals surface area contributed by atoms with Gasteiger partial charge in [0.15, 0.2) is 5.76 Å². The zero-order valence-corrected chi connectivity index (χ0v) is 14.5. The fraction of sp³-hybridized carbons (Fsp3) is 0.444. The molecular formula is C18H22N4O4. The number of likely N-dealkylation sites (tertiary alicyclic amines) is 1. The summed E-state index contributed by atoms with van der Waals surface area (Å²) in [7, 11) is 0. The summed E-state index contributed by atoms with van der Waals surface area (Å²) in [5.41, 5.74) is 5.67. The van der Waals surface area contributed by atoms with Crippen LogP contribution < -0.4 is 11.3 Å². The summed E-state index contributed by atoms with van der Waals surface area (Å²) in [4.78, 5) is 37.2. The van der Waals surface area contributed by atoms with Crippen LogP contribution in [0.5, 0.6) is 0 Å². The summed E-state index contributed by atoms with van der Waals surface area (Å²) in [6, 6.07) is 6.59. The van der Waals surface area contributed by atoms with Crippen molar-refractivity contribution in [2.75, 3.05) is 13.1 Å². The summed E-state index contributed by atoms with van der Waals surface area (Å²) in [6.45, 7) is 1.47. The number of nitrogens with zero attached hydrogens (tertiary/aromatic N) is 3. The van der Waals surface area contributed by atoms with Gasteiger partial charge in [0.05, 0.1) is 6.26 Å². The molecule has 0 radical (unpaired) electrons. The van der Waals surface area contributed by atoms with E-state index in [1.54, 1.807) is 29.4 Å². The number of carbonyl (C=O) groups excluding carboxylic acids is 2. The lowest BCUT2D eigenvalue weighted by atomic mass is 9.96. The Kier molecular flexibility index (Phi) is 5.50. The molecule has 0 atom stereocenters. The van der Waals surface area contributed by atoms with Crippen molar-refractivity contribution in [2.24, 2.45) is 11.7 Å². The number of aromatic nitrogens is 2. The summed E-state index contributed by atoms with van der Waals surface area (Å²) in [5.74, 6) is 0.195. The van der Waals surface area contributed by atoms with Gasteiger partial charge in [-0.05, 0) is 37.5 Å². The third kappa shape index (κ3) is 4.19. The highest BCUT2D eigenvalue weighted by molar-refractivity contribution is 5.78. The highest BCUT2D eigenvalue weighted by Gasteiger charge is 2.25. The molecule has 1 fully saturated rings. The molecule has 0 aromatic carbocycles. The monoisotopic (exact) mass is 358 g/mol. The molecule has 1 saturated heterocycles. The quantitative estimate of drug-likeness (QED) is 0.828. The van der Waals surface area contributed by atoms with E-state index in [4.69, 9.17) is 10.2 Å². The number of hydrogen-bond donors (Lipinski definition) is 1. The van der Waals surface area contributed by atoms with Crippen LogP contribution >= 0.6 is 0 Å². The summed E-state index contributed by atoms with van der Waals surface area (Å²) < 4.78 is 6.64. The van der Waals surface area contributed by atoms with Crippen LogP contribution in [0.1, 0.15) is 25.7 Å². The predicted octanol–water partition coefficient (Wildman–Crippen LogP) is 1.01. The van der Waals surface area contributed by atoms with Gasteiger partial charge in [0.2, 0.25) is 11.8 Å². The average molecular weight is 358 g/mol. The van der Waals surface area contributed by atoms with Gasteiger partial charge in [-0.25, -0.2) is 4.68 Å². The van der Waals surface area contributed by atoms with Crippen LogP contribution in [0, 0.1) is 5.92 Å². The number of piperidine rings is 1. The molecule has 2 aromatic rings. The van der Waals surface area contributed by atoms with E-state index in [0.29, 0.717) is 56.8 Å². The maximum atomic E-state index is 12.3. The van der Waals surface area contributed by atoms with Crippen LogP contribution in [0.4, 0.5) is 0 Å². The second-order valence-electron chi connectivity index (χ2n) is 6.42. The van der Waals surface area contributed by atoms with E-state index >= 15 is 0 Å². The van der Waals surface area contributed by atoms with E-state index in [1.807, 2.05) is 0 Å². The number of primary amides is 1. The fourth-order valence-corrected chi connectivity index (χ4v) is 3.12. The molecule has 0 spiro atoms. The first kappa shape index (κ1) is 17.9. The topological polar surface area (TPSA) is 111 Å². The van der Waals surface area contributed by atoms with E-state index in [1.165, 1.54) is 10.7 Å². The van der Waals surface area contributed by atoms with Crippen molar-refractivity contribution in [2.45, 2.75) is 32.2 Å². The van der Waals surface area contributed by atoms with E-state index in [0.717, 1.165) is 0 Å². The van der Waals surface area contributed by atoms with Crippen molar-refractivity contribution in [1.82, 2.24) is 14.7 Å². The molecule has 2 N–H and O–H groups in total. The van der Waals surface area contributed by atoms with Crippen LogP contribution in [-0.4, -0.2) is 39.6 Å². The highest BCUT2D eigenvalue weighted by Crippen LogP contribution is 2.18. The molecule has 3 heterocycles. The number of aryl methyl sites for hydroxylation is 1. The SMILES string of the molecule is NC(=O)C1CCN(C(=O)CCCn2nc(-c3ccco3)ccc2=O)CC1. The number of hydrogen-bond acceptors (Lipinski definition) is 5. The Balaban J connectivity index is 1.52. The van der Waals surface area contributed by atoms with Crippen LogP contribution in [0.2, 0.25) is 0 Å². The maximum Gasteiger partial charge on any atom is 0.266 e. The minimum atomic E-state index is -0.293. The first-order valence-electron chi connectivity index (χ1n) is 8.74. The van der Waals surface area contributed by atoms with Crippen molar-refractivity contribution in [3.8, 4) is 11.5 Å². The van der Waals surface area contributed by atoms with Crippen molar-refractivity contribution >= 4 is 11.8 Å². The Morgan fingerprint density at radius 3 is 2.65 bits per heavy atom. The van der Waals surface area contributed by atoms with Gasteiger partial charge < -0.3 is 15.1 Å². The Morgan fingerprint density at radius 2 is 2.00 bits per heavy atom. The normalized spacial score (nSPS) is 15.2. The zero-order valence-electron chi connectivity index (χ0n) is 14.5. The first-order chi connectivity index (χ1) is 12.5. The van der Waals surface area contributed by atoms with Gasteiger partial charge in [0.25, 0.3) is 5.56 Å². The van der Waals surface area contributed by atoms with Gasteiger partial charge in [-0.2, -0.15) is 5.10 Å². The largest absolute Gasteiger partial charge is 0.463 e. The molecule has 0 saturated carbocycles. The van der Waals surface area contributed by atoms with Gasteiger partial charge >= 0.3 is 0 Å². The number of amides is 2. The molecule has 8 nitrogen and oxygen atoms in total. The molecule has 1 aliphatic heterocycles. The molecule has 0 bridgehead atoms. The lowest BCUT2D eigenvalue weighted by molar-refractivity contribution is -0.135. The predicted molar refractivity (Wildman–Crippen MR) is 93.9 cm³/mol. The van der Waals surface area contributed by atoms with E-state index in [-0.39, 0.29) is 23.3 Å². The Morgan fingerprint density at radius 1 is 1.23 bits per heavy atom. The van der Waals surface area contributed by atoms with Gasteiger partial charge in [-0.15, -0.1) is 0 Å². The van der Waals surface area contributed by atoms with Crippen molar-refractivity contribution < 1.29 is 14.0 Å². The molecule has 3 rings (SSSR count). The smallest absolute Gasteiger partial charge is 0.266 e. The van der Waals surface area contributed by atoms with E-state index in [2.05, 4.69) is 5.10 Å². The van der Waals surface area contributed by atoms with Gasteiger partial charge in [0.1, 0.15) is 5.69 Å². The highest BCUT2D eigenvalue weighted by atomic mass is 16.3. The zero-order chi connectivity index (χ0) is 18.5. The van der Waals surface area contributed by atoms with Crippen LogP contribution in [-0.2, 0) is 16.1 Å². The molecule has 1 aliphatic rings. The van der Waals surface area contributed by atoms with E-state index < -0.39 is 0 Å². The summed E-state index contributed by atoms with van der Waals surface area (Å²) >= 11 is 0. The van der Waals surface area contributed by atoms with E-state index in [9.17, 15) is 14.4 Å². The summed E-state index contributed by atoms with van der Waals surface area (Å²) in [6.07, 6.45) is 3.64. The third-order valence-electron chi connectivity index (χ3n) is 4.65. The Bertz CT molecular complexity index is 820. The maximum absolute atomic E-state index is 12.3. The van der Waals surface area contributed by atoms with Gasteiger partial charge in [0, 0.05) is 38.0 Å². The van der Waals surface area contributed by atoms with Crippen LogP contribution in [0.3, 0.4) is 0 Å². The first-order valence-corrected chi connectivity index (χ1v) is 8.74. The van der Waals surface area contributed by atoms with Crippen LogP contribution in [0.25, 0.3) is 11.5 Å². The Hall–Kier alpha value is -2.90. The standard InChI is InChI=1S/C18H22N4O4/c19-18(25)13-7-10-21(11-8-13)16(23)4-1-9-22-17(24)6-5-14(20-22)15-3-2-12-26-15/h2-3,5-6,12-13H,1,4,7-11H2,(H2,19,25). The van der Waals surface area contributed by atoms with Crippen molar-refractivity contribution in [3.05, 3.63) is 40.9 Å². The molecular weight excluding hydrogens is 336 g/mol. The molecule has 138 valence electrons. The minimum Gasteiger partial charge on any atom is -0.463 e. The molecule has 2 aromatic heterocycles. The molecule has 8 heteroatoms. The number of furan rings is 1. The molecule has 0 unspecified atom stereocenters. The number of carbonyl (C=O) groups is 2. The molecule has 2 amide bonds. The van der Waals surface area contributed by atoms with Gasteiger partial charge in [-0.1, -0.05) is 0 Å². The number of nitrogens with two attached hydrogens (primary N) is 1. The average Bonchev–Trinajstić information content (AvgIpc) is 3.18. The van der Waals surface area contributed by atoms with Crippen LogP contribution in [0.15, 0.2) is 39.7 Å². The second-order valence-corrected chi connectivity index (χ2v) is 6.42. The lowest BCUT2D eigenvalue weighted by Gasteiger charge is -2.30. The van der Waals surface area contributed by atoms with Crippen molar-refractivity contribution in [3.63, 3.8) is 0 Å². The molecule has 26 heavy (non-hydrogen) atoms. The van der Waals surface area contributed by atoms with Crippen molar-refractivity contribution in [1.29, 1.82) is 0 Å². The second kappa shape index (κ2) is 7.99. The van der Waals surface area contributed by atoms with Gasteiger partial charge in [-0.3, -0.25) is 14.4 Å². The number of rotatable bonds is 6. The molecule has 0 aliphatic carbocycles. The lowest BCUT2D eigenvalue weighted by Crippen LogP contribution is -2.41. The third-order valence-corrected chi connectivity index (χ3v) is 4.65. The fourth-order valence-electron chi connectivity index (χ4n) is 3.12.